The summed E-state index contributed by atoms with van der Waals surface area (Å²) >= 11 is 0. The maximum Gasteiger partial charge on any atom is 0.252 e. The van der Waals surface area contributed by atoms with Crippen LogP contribution < -0.4 is 5.32 Å². The molecule has 0 unspecified atom stereocenters. The van der Waals surface area contributed by atoms with Crippen LogP contribution >= 0.6 is 0 Å². The van der Waals surface area contributed by atoms with Crippen molar-refractivity contribution in [3.63, 3.8) is 0 Å². The van der Waals surface area contributed by atoms with E-state index in [1.807, 2.05) is 42.5 Å². The number of phenolic OH excluding ortho intramolecular Hbond substituents is 1. The van der Waals surface area contributed by atoms with Crippen LogP contribution in [0.15, 0.2) is 66.7 Å². The predicted molar refractivity (Wildman–Crippen MR) is 83.2 cm³/mol. The number of carbonyl (C=O) groups is 1. The number of hydrogen-bond acceptors (Lipinski definition) is 2. The fourth-order valence-electron chi connectivity index (χ4n) is 2.31. The molecule has 3 rings (SSSR count). The second-order valence-corrected chi connectivity index (χ2v) is 4.88. The van der Waals surface area contributed by atoms with Gasteiger partial charge in [0.05, 0.1) is 0 Å². The Kier molecular flexibility index (Phi) is 3.56. The highest BCUT2D eigenvalue weighted by atomic mass is 16.3. The van der Waals surface area contributed by atoms with Gasteiger partial charge in [0.25, 0.3) is 5.91 Å². The summed E-state index contributed by atoms with van der Waals surface area (Å²) in [6, 6.07) is 20.3. The van der Waals surface area contributed by atoms with Crippen molar-refractivity contribution in [1.82, 2.24) is 5.32 Å². The molecule has 1 amide bonds. The minimum atomic E-state index is -0.0973. The van der Waals surface area contributed by atoms with Crippen LogP contribution in [-0.2, 0) is 6.54 Å². The SMILES string of the molecule is O=C(NCc1ccc(O)cc1)c1cccc2ccccc12. The van der Waals surface area contributed by atoms with Gasteiger partial charge in [-0.3, -0.25) is 4.79 Å². The van der Waals surface area contributed by atoms with Gasteiger partial charge in [0.2, 0.25) is 0 Å². The number of benzene rings is 3. The fourth-order valence-corrected chi connectivity index (χ4v) is 2.31. The van der Waals surface area contributed by atoms with Crippen LogP contribution in [0.1, 0.15) is 15.9 Å². The van der Waals surface area contributed by atoms with E-state index in [-0.39, 0.29) is 11.7 Å². The Labute approximate surface area is 122 Å². The van der Waals surface area contributed by atoms with Crippen molar-refractivity contribution in [3.8, 4) is 5.75 Å². The Hall–Kier alpha value is -2.81. The fraction of sp³-hybridized carbons (Fsp3) is 0.0556. The highest BCUT2D eigenvalue weighted by Gasteiger charge is 2.09. The number of fused-ring (bicyclic) bond motifs is 1. The van der Waals surface area contributed by atoms with E-state index in [1.54, 1.807) is 24.3 Å². The van der Waals surface area contributed by atoms with Gasteiger partial charge in [-0.2, -0.15) is 0 Å². The summed E-state index contributed by atoms with van der Waals surface area (Å²) in [6.45, 7) is 0.433. The molecule has 0 spiro atoms. The lowest BCUT2D eigenvalue weighted by Crippen LogP contribution is -2.22. The molecule has 0 aromatic heterocycles. The molecule has 104 valence electrons. The lowest BCUT2D eigenvalue weighted by atomic mass is 10.0. The van der Waals surface area contributed by atoms with E-state index in [0.717, 1.165) is 16.3 Å². The first-order chi connectivity index (χ1) is 10.2. The summed E-state index contributed by atoms with van der Waals surface area (Å²) in [7, 11) is 0. The summed E-state index contributed by atoms with van der Waals surface area (Å²) in [6.07, 6.45) is 0. The van der Waals surface area contributed by atoms with Crippen molar-refractivity contribution >= 4 is 16.7 Å². The topological polar surface area (TPSA) is 49.3 Å². The lowest BCUT2D eigenvalue weighted by molar-refractivity contribution is 0.0952. The first-order valence-electron chi connectivity index (χ1n) is 6.78. The van der Waals surface area contributed by atoms with Gasteiger partial charge in [-0.25, -0.2) is 0 Å². The van der Waals surface area contributed by atoms with Crippen LogP contribution in [0.2, 0.25) is 0 Å². The van der Waals surface area contributed by atoms with Gasteiger partial charge in [-0.1, -0.05) is 48.5 Å². The lowest BCUT2D eigenvalue weighted by Gasteiger charge is -2.08. The first-order valence-corrected chi connectivity index (χ1v) is 6.78. The molecule has 0 aliphatic heterocycles. The van der Waals surface area contributed by atoms with Crippen LogP contribution in [0.5, 0.6) is 5.75 Å². The van der Waals surface area contributed by atoms with E-state index in [4.69, 9.17) is 0 Å². The largest absolute Gasteiger partial charge is 0.508 e. The van der Waals surface area contributed by atoms with E-state index < -0.39 is 0 Å². The van der Waals surface area contributed by atoms with Crippen LogP contribution in [0.25, 0.3) is 10.8 Å². The maximum absolute atomic E-state index is 12.3. The van der Waals surface area contributed by atoms with Crippen molar-refractivity contribution in [3.05, 3.63) is 77.9 Å². The number of nitrogens with one attached hydrogen (secondary N) is 1. The Bertz CT molecular complexity index is 773. The van der Waals surface area contributed by atoms with Crippen molar-refractivity contribution in [2.24, 2.45) is 0 Å². The van der Waals surface area contributed by atoms with Crippen LogP contribution in [0, 0.1) is 0 Å². The number of carbonyl (C=O) groups excluding carboxylic acids is 1. The highest BCUT2D eigenvalue weighted by molar-refractivity contribution is 6.06. The molecule has 0 aliphatic carbocycles. The van der Waals surface area contributed by atoms with E-state index in [0.29, 0.717) is 12.1 Å². The summed E-state index contributed by atoms with van der Waals surface area (Å²) in [4.78, 5) is 12.3. The molecule has 2 N–H and O–H groups in total. The molecule has 0 saturated heterocycles. The smallest absolute Gasteiger partial charge is 0.252 e. The number of rotatable bonds is 3. The summed E-state index contributed by atoms with van der Waals surface area (Å²) in [5, 5.41) is 14.1. The third-order valence-corrected chi connectivity index (χ3v) is 3.42. The number of aromatic hydroxyl groups is 1. The van der Waals surface area contributed by atoms with Gasteiger partial charge in [0.1, 0.15) is 5.75 Å². The average Bonchev–Trinajstić information content (AvgIpc) is 2.53. The van der Waals surface area contributed by atoms with Crippen molar-refractivity contribution in [2.45, 2.75) is 6.54 Å². The van der Waals surface area contributed by atoms with Crippen molar-refractivity contribution in [2.75, 3.05) is 0 Å². The molecule has 0 radical (unpaired) electrons. The quantitative estimate of drug-likeness (QED) is 0.770. The molecular formula is C18H15NO2. The Balaban J connectivity index is 1.79. The molecule has 3 aromatic carbocycles. The van der Waals surface area contributed by atoms with Crippen LogP contribution in [-0.4, -0.2) is 11.0 Å². The second-order valence-electron chi connectivity index (χ2n) is 4.88. The van der Waals surface area contributed by atoms with Gasteiger partial charge in [-0.05, 0) is 34.5 Å². The van der Waals surface area contributed by atoms with E-state index in [9.17, 15) is 9.90 Å². The van der Waals surface area contributed by atoms with Crippen LogP contribution in [0.3, 0.4) is 0 Å². The minimum absolute atomic E-state index is 0.0973. The predicted octanol–water partition coefficient (Wildman–Crippen LogP) is 3.48. The third kappa shape index (κ3) is 2.87. The maximum atomic E-state index is 12.3. The molecule has 0 aliphatic rings. The third-order valence-electron chi connectivity index (χ3n) is 3.42. The molecule has 0 saturated carbocycles. The van der Waals surface area contributed by atoms with Crippen LogP contribution in [0.4, 0.5) is 0 Å². The second kappa shape index (κ2) is 5.67. The van der Waals surface area contributed by atoms with Gasteiger partial charge < -0.3 is 10.4 Å². The zero-order chi connectivity index (χ0) is 14.7. The molecule has 0 fully saturated rings. The van der Waals surface area contributed by atoms with Gasteiger partial charge in [0.15, 0.2) is 0 Å². The Morgan fingerprint density at radius 1 is 0.905 bits per heavy atom. The zero-order valence-corrected chi connectivity index (χ0v) is 11.4. The number of hydrogen-bond donors (Lipinski definition) is 2. The van der Waals surface area contributed by atoms with Crippen molar-refractivity contribution in [1.29, 1.82) is 0 Å². The number of amides is 1. The number of phenols is 1. The van der Waals surface area contributed by atoms with Crippen molar-refractivity contribution < 1.29 is 9.90 Å². The summed E-state index contributed by atoms with van der Waals surface area (Å²) in [5.74, 6) is 0.124. The van der Waals surface area contributed by atoms with Gasteiger partial charge in [0, 0.05) is 12.1 Å². The summed E-state index contributed by atoms with van der Waals surface area (Å²) in [5.41, 5.74) is 1.62. The Morgan fingerprint density at radius 3 is 2.43 bits per heavy atom. The molecule has 0 atom stereocenters. The van der Waals surface area contributed by atoms with E-state index >= 15 is 0 Å². The standard InChI is InChI=1S/C18H15NO2/c20-15-10-8-13(9-11-15)12-19-18(21)17-7-3-5-14-4-1-2-6-16(14)17/h1-11,20H,12H2,(H,19,21). The average molecular weight is 277 g/mol. The molecule has 21 heavy (non-hydrogen) atoms. The normalized spacial score (nSPS) is 10.5. The first kappa shape index (κ1) is 13.2. The van der Waals surface area contributed by atoms with Gasteiger partial charge >= 0.3 is 0 Å². The molecule has 3 aromatic rings. The van der Waals surface area contributed by atoms with E-state index in [2.05, 4.69) is 5.32 Å². The molecule has 0 bridgehead atoms. The zero-order valence-electron chi connectivity index (χ0n) is 11.4. The molecule has 3 nitrogen and oxygen atoms in total. The Morgan fingerprint density at radius 2 is 1.62 bits per heavy atom. The monoisotopic (exact) mass is 277 g/mol. The summed E-state index contributed by atoms with van der Waals surface area (Å²) < 4.78 is 0. The highest BCUT2D eigenvalue weighted by Crippen LogP contribution is 2.18. The molecular weight excluding hydrogens is 262 g/mol. The van der Waals surface area contributed by atoms with E-state index in [1.165, 1.54) is 0 Å². The molecule has 3 heteroatoms. The minimum Gasteiger partial charge on any atom is -0.508 e. The molecule has 0 heterocycles. The van der Waals surface area contributed by atoms with Gasteiger partial charge in [-0.15, -0.1) is 0 Å².